The van der Waals surface area contributed by atoms with E-state index in [9.17, 15) is 22.4 Å². The summed E-state index contributed by atoms with van der Waals surface area (Å²) in [4.78, 5) is 26.9. The summed E-state index contributed by atoms with van der Waals surface area (Å²) < 4.78 is 39.6. The van der Waals surface area contributed by atoms with E-state index >= 15 is 0 Å². The van der Waals surface area contributed by atoms with Crippen molar-refractivity contribution in [1.29, 1.82) is 0 Å². The predicted molar refractivity (Wildman–Crippen MR) is 123 cm³/mol. The van der Waals surface area contributed by atoms with Crippen molar-refractivity contribution in [3.8, 4) is 0 Å². The van der Waals surface area contributed by atoms with E-state index in [0.29, 0.717) is 6.54 Å². The van der Waals surface area contributed by atoms with Gasteiger partial charge in [-0.05, 0) is 38.0 Å². The highest BCUT2D eigenvalue weighted by molar-refractivity contribution is 7.92. The van der Waals surface area contributed by atoms with Crippen molar-refractivity contribution in [2.45, 2.75) is 39.3 Å². The number of rotatable bonds is 11. The minimum absolute atomic E-state index is 0.0110. The minimum atomic E-state index is -3.74. The van der Waals surface area contributed by atoms with E-state index in [4.69, 9.17) is 0 Å². The van der Waals surface area contributed by atoms with Crippen molar-refractivity contribution < 1.29 is 22.4 Å². The Morgan fingerprint density at radius 3 is 2.28 bits per heavy atom. The maximum Gasteiger partial charge on any atom is 0.242 e. The van der Waals surface area contributed by atoms with Crippen LogP contribution in [0.1, 0.15) is 32.3 Å². The first-order valence-corrected chi connectivity index (χ1v) is 12.3. The van der Waals surface area contributed by atoms with Crippen LogP contribution < -0.4 is 9.62 Å². The molecule has 2 amide bonds. The van der Waals surface area contributed by atoms with Gasteiger partial charge in [0.2, 0.25) is 21.8 Å². The van der Waals surface area contributed by atoms with Gasteiger partial charge in [0, 0.05) is 26.1 Å². The molecule has 2 rings (SSSR count). The van der Waals surface area contributed by atoms with E-state index in [0.717, 1.165) is 16.1 Å². The fraction of sp³-hybridized carbons (Fsp3) is 0.391. The van der Waals surface area contributed by atoms with E-state index in [1.165, 1.54) is 23.1 Å². The second-order valence-corrected chi connectivity index (χ2v) is 9.37. The summed E-state index contributed by atoms with van der Waals surface area (Å²) in [6, 6.07) is 14.2. The average Bonchev–Trinajstić information content (AvgIpc) is 2.75. The zero-order valence-corrected chi connectivity index (χ0v) is 19.4. The number of para-hydroxylation sites is 1. The molecule has 0 bridgehead atoms. The van der Waals surface area contributed by atoms with Gasteiger partial charge in [0.15, 0.2) is 0 Å². The summed E-state index contributed by atoms with van der Waals surface area (Å²) in [5, 5.41) is 2.73. The smallest absolute Gasteiger partial charge is 0.242 e. The molecule has 7 nitrogen and oxygen atoms in total. The van der Waals surface area contributed by atoms with Crippen molar-refractivity contribution in [2.75, 3.05) is 23.7 Å². The van der Waals surface area contributed by atoms with Gasteiger partial charge in [0.25, 0.3) is 0 Å². The molecule has 0 aromatic heterocycles. The topological polar surface area (TPSA) is 86.8 Å². The van der Waals surface area contributed by atoms with Crippen LogP contribution in [0, 0.1) is 5.82 Å². The third-order valence-electron chi connectivity index (χ3n) is 4.99. The van der Waals surface area contributed by atoms with Crippen LogP contribution in [0.2, 0.25) is 0 Å². The number of hydrogen-bond acceptors (Lipinski definition) is 4. The molecule has 9 heteroatoms. The second kappa shape index (κ2) is 11.6. The Morgan fingerprint density at radius 1 is 1.06 bits per heavy atom. The van der Waals surface area contributed by atoms with Crippen LogP contribution in [0.25, 0.3) is 0 Å². The Morgan fingerprint density at radius 2 is 1.69 bits per heavy atom. The summed E-state index contributed by atoms with van der Waals surface area (Å²) in [7, 11) is -3.74. The zero-order valence-electron chi connectivity index (χ0n) is 18.6. The maximum absolute atomic E-state index is 14.2. The normalized spacial score (nSPS) is 12.1. The first-order valence-electron chi connectivity index (χ1n) is 10.5. The summed E-state index contributed by atoms with van der Waals surface area (Å²) in [6.07, 6.45) is 1.19. The number of halogens is 1. The lowest BCUT2D eigenvalue weighted by molar-refractivity contribution is -0.140. The fourth-order valence-electron chi connectivity index (χ4n) is 3.32. The molecule has 174 valence electrons. The molecule has 0 radical (unpaired) electrons. The molecule has 0 spiro atoms. The molecule has 0 aliphatic rings. The van der Waals surface area contributed by atoms with E-state index in [1.54, 1.807) is 19.9 Å². The Balaban J connectivity index is 2.14. The Hall–Kier alpha value is -2.94. The highest BCUT2D eigenvalue weighted by Crippen LogP contribution is 2.22. The first kappa shape index (κ1) is 25.3. The van der Waals surface area contributed by atoms with Gasteiger partial charge in [-0.1, -0.05) is 42.5 Å². The van der Waals surface area contributed by atoms with Crippen molar-refractivity contribution in [3.05, 3.63) is 66.0 Å². The molecule has 32 heavy (non-hydrogen) atoms. The lowest BCUT2D eigenvalue weighted by Gasteiger charge is -2.29. The van der Waals surface area contributed by atoms with Gasteiger partial charge < -0.3 is 10.2 Å². The Bertz CT molecular complexity index is 1010. The Kier molecular flexibility index (Phi) is 9.19. The number of sulfonamides is 1. The number of hydrogen-bond donors (Lipinski definition) is 1. The van der Waals surface area contributed by atoms with Crippen molar-refractivity contribution in [3.63, 3.8) is 0 Å². The van der Waals surface area contributed by atoms with Crippen LogP contribution in [-0.2, 0) is 26.2 Å². The number of carbonyl (C=O) groups is 2. The van der Waals surface area contributed by atoms with Crippen LogP contribution in [0.5, 0.6) is 0 Å². The molecular weight excluding hydrogens is 433 g/mol. The number of nitrogens with one attached hydrogen (secondary N) is 1. The number of benzene rings is 2. The molecule has 0 fully saturated rings. The first-order chi connectivity index (χ1) is 15.1. The van der Waals surface area contributed by atoms with Gasteiger partial charge in [0.05, 0.1) is 11.9 Å². The molecule has 1 atom stereocenters. The van der Waals surface area contributed by atoms with Crippen molar-refractivity contribution >= 4 is 27.5 Å². The van der Waals surface area contributed by atoms with Crippen LogP contribution in [0.4, 0.5) is 10.1 Å². The van der Waals surface area contributed by atoms with Gasteiger partial charge >= 0.3 is 0 Å². The van der Waals surface area contributed by atoms with Gasteiger partial charge in [-0.2, -0.15) is 0 Å². The molecule has 0 heterocycles. The molecule has 2 aromatic rings. The van der Waals surface area contributed by atoms with Gasteiger partial charge in [-0.15, -0.1) is 0 Å². The highest BCUT2D eigenvalue weighted by atomic mass is 32.2. The Labute approximate surface area is 189 Å². The molecule has 0 unspecified atom stereocenters. The van der Waals surface area contributed by atoms with E-state index in [-0.39, 0.29) is 43.4 Å². The molecule has 0 saturated carbocycles. The van der Waals surface area contributed by atoms with Crippen LogP contribution in [0.3, 0.4) is 0 Å². The summed E-state index contributed by atoms with van der Waals surface area (Å²) >= 11 is 0. The SMILES string of the molecule is CCNC(=O)[C@@H](C)N(Cc1ccccc1)C(=O)CCCN(c1ccccc1F)S(C)(=O)=O. The summed E-state index contributed by atoms with van der Waals surface area (Å²) in [6.45, 7) is 4.11. The number of carbonyl (C=O) groups excluding carboxylic acids is 2. The zero-order chi connectivity index (χ0) is 23.7. The van der Waals surface area contributed by atoms with E-state index in [1.807, 2.05) is 30.3 Å². The van der Waals surface area contributed by atoms with Crippen LogP contribution >= 0.6 is 0 Å². The number of likely N-dealkylation sites (N-methyl/N-ethyl adjacent to an activating group) is 1. The van der Waals surface area contributed by atoms with Gasteiger partial charge in [-0.3, -0.25) is 13.9 Å². The standard InChI is InChI=1S/C23H30FN3O4S/c1-4-25-23(29)18(2)26(17-19-11-6-5-7-12-19)22(28)15-10-16-27(32(3,30)31)21-14-9-8-13-20(21)24/h5-9,11-14,18H,4,10,15-17H2,1-3H3,(H,25,29)/t18-/m1/s1. The van der Waals surface area contributed by atoms with Gasteiger partial charge in [0.1, 0.15) is 11.9 Å². The second-order valence-electron chi connectivity index (χ2n) is 7.47. The molecule has 0 aliphatic heterocycles. The van der Waals surface area contributed by atoms with Crippen LogP contribution in [0.15, 0.2) is 54.6 Å². The van der Waals surface area contributed by atoms with Crippen molar-refractivity contribution in [1.82, 2.24) is 10.2 Å². The quantitative estimate of drug-likeness (QED) is 0.555. The lowest BCUT2D eigenvalue weighted by atomic mass is 10.1. The number of nitrogens with zero attached hydrogens (tertiary/aromatic N) is 2. The van der Waals surface area contributed by atoms with Crippen molar-refractivity contribution in [2.24, 2.45) is 0 Å². The molecule has 2 aromatic carbocycles. The predicted octanol–water partition coefficient (Wildman–Crippen LogP) is 2.93. The minimum Gasteiger partial charge on any atom is -0.355 e. The lowest BCUT2D eigenvalue weighted by Crippen LogP contribution is -2.47. The monoisotopic (exact) mass is 463 g/mol. The third-order valence-corrected chi connectivity index (χ3v) is 6.17. The molecule has 0 aliphatic carbocycles. The number of anilines is 1. The molecule has 1 N–H and O–H groups in total. The fourth-order valence-corrected chi connectivity index (χ4v) is 4.29. The molecular formula is C23H30FN3O4S. The van der Waals surface area contributed by atoms with Crippen LogP contribution in [-0.4, -0.2) is 50.5 Å². The van der Waals surface area contributed by atoms with E-state index < -0.39 is 21.9 Å². The number of amides is 2. The van der Waals surface area contributed by atoms with E-state index in [2.05, 4.69) is 5.32 Å². The third kappa shape index (κ3) is 7.05. The maximum atomic E-state index is 14.2. The summed E-state index contributed by atoms with van der Waals surface area (Å²) in [5.74, 6) is -1.20. The average molecular weight is 464 g/mol. The largest absolute Gasteiger partial charge is 0.355 e. The van der Waals surface area contributed by atoms with Gasteiger partial charge in [-0.25, -0.2) is 12.8 Å². The highest BCUT2D eigenvalue weighted by Gasteiger charge is 2.26. The molecule has 0 saturated heterocycles. The summed E-state index contributed by atoms with van der Waals surface area (Å²) in [5.41, 5.74) is 0.820.